The summed E-state index contributed by atoms with van der Waals surface area (Å²) >= 11 is 1.59. The predicted molar refractivity (Wildman–Crippen MR) is 131 cm³/mol. The molecule has 2 unspecified atom stereocenters. The maximum Gasteiger partial charge on any atom is 0.197 e. The van der Waals surface area contributed by atoms with Gasteiger partial charge in [-0.05, 0) is 54.8 Å². The van der Waals surface area contributed by atoms with Crippen LogP contribution in [0, 0.1) is 11.8 Å². The van der Waals surface area contributed by atoms with Crippen molar-refractivity contribution in [2.24, 2.45) is 11.8 Å². The minimum absolute atomic E-state index is 0.317. The number of aromatic hydroxyl groups is 2. The Labute approximate surface area is 197 Å². The molecule has 0 radical (unpaired) electrons. The Hall–Kier alpha value is -2.51. The van der Waals surface area contributed by atoms with Crippen LogP contribution < -0.4 is 4.90 Å². The smallest absolute Gasteiger partial charge is 0.197 e. The van der Waals surface area contributed by atoms with Gasteiger partial charge in [0.1, 0.15) is 5.82 Å². The number of benzene rings is 1. The molecular formula is C26H30N4O2S. The van der Waals surface area contributed by atoms with Gasteiger partial charge in [-0.1, -0.05) is 24.3 Å². The molecule has 0 amide bonds. The Balaban J connectivity index is 0.992. The van der Waals surface area contributed by atoms with Gasteiger partial charge >= 0.3 is 0 Å². The third kappa shape index (κ3) is 2.98. The fraction of sp³-hybridized carbons (Fsp3) is 0.500. The average Bonchev–Trinajstić information content (AvgIpc) is 3.36. The standard InChI is InChI=1S/C26H30N4O2S/c1-15-19(20(15)14-30-25(31)22-16-6-7-17(12-16)23(22)26(30)32)13-28-8-10-29(11-9-28)24-18-4-2-3-5-21(18)33-27-24/h2-5,16-17,19-20,31-32H,1,6-14H2/t16?,17?,19-,20-/m0/s1. The summed E-state index contributed by atoms with van der Waals surface area (Å²) < 4.78 is 7.75. The minimum atomic E-state index is 0.317. The monoisotopic (exact) mass is 462 g/mol. The molecule has 6 nitrogen and oxygen atoms in total. The van der Waals surface area contributed by atoms with Crippen molar-refractivity contribution in [1.82, 2.24) is 13.8 Å². The second-order valence-corrected chi connectivity index (χ2v) is 11.2. The third-order valence-corrected chi connectivity index (χ3v) is 9.54. The molecule has 3 fully saturated rings. The molecule has 2 saturated carbocycles. The molecule has 3 heterocycles. The highest BCUT2D eigenvalue weighted by molar-refractivity contribution is 7.13. The van der Waals surface area contributed by atoms with Crippen LogP contribution in [0.2, 0.25) is 0 Å². The van der Waals surface area contributed by atoms with Gasteiger partial charge in [0.2, 0.25) is 0 Å². The minimum Gasteiger partial charge on any atom is -0.494 e. The molecular weight excluding hydrogens is 432 g/mol. The van der Waals surface area contributed by atoms with Gasteiger partial charge in [0, 0.05) is 67.6 Å². The zero-order valence-corrected chi connectivity index (χ0v) is 19.6. The molecule has 2 N–H and O–H groups in total. The number of fused-ring (bicyclic) bond motifs is 6. The molecule has 3 aliphatic carbocycles. The first-order chi connectivity index (χ1) is 16.1. The van der Waals surface area contributed by atoms with Crippen molar-refractivity contribution < 1.29 is 10.2 Å². The first-order valence-electron chi connectivity index (χ1n) is 12.2. The fourth-order valence-electron chi connectivity index (χ4n) is 6.77. The van der Waals surface area contributed by atoms with Crippen molar-refractivity contribution in [2.75, 3.05) is 37.6 Å². The first kappa shape index (κ1) is 19.9. The molecule has 3 aromatic rings. The Morgan fingerprint density at radius 3 is 2.33 bits per heavy atom. The second kappa shape index (κ2) is 7.24. The molecule has 1 aromatic carbocycles. The van der Waals surface area contributed by atoms with Gasteiger partial charge in [0.05, 0.1) is 4.70 Å². The van der Waals surface area contributed by atoms with Crippen LogP contribution in [0.1, 0.15) is 42.2 Å². The van der Waals surface area contributed by atoms with Crippen LogP contribution >= 0.6 is 11.5 Å². The quantitative estimate of drug-likeness (QED) is 0.547. The van der Waals surface area contributed by atoms with Gasteiger partial charge in [-0.3, -0.25) is 9.47 Å². The number of rotatable bonds is 5. The van der Waals surface area contributed by atoms with Crippen LogP contribution in [0.3, 0.4) is 0 Å². The molecule has 172 valence electrons. The van der Waals surface area contributed by atoms with Crippen LogP contribution in [-0.4, -0.2) is 56.8 Å². The summed E-state index contributed by atoms with van der Waals surface area (Å²) in [5.74, 6) is 3.44. The van der Waals surface area contributed by atoms with Gasteiger partial charge < -0.3 is 15.1 Å². The van der Waals surface area contributed by atoms with Crippen molar-refractivity contribution in [1.29, 1.82) is 0 Å². The second-order valence-electron chi connectivity index (χ2n) is 10.4. The Morgan fingerprint density at radius 2 is 1.61 bits per heavy atom. The van der Waals surface area contributed by atoms with Gasteiger partial charge in [-0.15, -0.1) is 0 Å². The summed E-state index contributed by atoms with van der Waals surface area (Å²) in [5.41, 5.74) is 3.34. The van der Waals surface area contributed by atoms with Crippen LogP contribution in [0.5, 0.6) is 11.8 Å². The summed E-state index contributed by atoms with van der Waals surface area (Å²) in [4.78, 5) is 4.96. The van der Waals surface area contributed by atoms with Crippen molar-refractivity contribution in [3.05, 3.63) is 47.5 Å². The summed E-state index contributed by atoms with van der Waals surface area (Å²) in [6, 6.07) is 8.49. The lowest BCUT2D eigenvalue weighted by Crippen LogP contribution is -2.47. The maximum absolute atomic E-state index is 10.9. The van der Waals surface area contributed by atoms with Gasteiger partial charge in [-0.2, -0.15) is 4.37 Å². The topological polar surface area (TPSA) is 64.8 Å². The van der Waals surface area contributed by atoms with Crippen molar-refractivity contribution in [2.45, 2.75) is 37.6 Å². The summed E-state index contributed by atoms with van der Waals surface area (Å²) in [6.07, 6.45) is 3.40. The van der Waals surface area contributed by atoms with Gasteiger partial charge in [0.15, 0.2) is 11.8 Å². The zero-order chi connectivity index (χ0) is 22.3. The van der Waals surface area contributed by atoms with Crippen LogP contribution in [0.25, 0.3) is 10.1 Å². The lowest BCUT2D eigenvalue weighted by Gasteiger charge is -2.35. The first-order valence-corrected chi connectivity index (χ1v) is 13.0. The Bertz CT molecular complexity index is 1220. The van der Waals surface area contributed by atoms with E-state index < -0.39 is 0 Å². The van der Waals surface area contributed by atoms with Gasteiger partial charge in [-0.25, -0.2) is 0 Å². The number of aromatic nitrogens is 2. The molecule has 2 aromatic heterocycles. The molecule has 1 aliphatic heterocycles. The Morgan fingerprint density at radius 1 is 0.939 bits per heavy atom. The fourth-order valence-corrected chi connectivity index (χ4v) is 7.56. The van der Waals surface area contributed by atoms with E-state index >= 15 is 0 Å². The van der Waals surface area contributed by atoms with E-state index in [0.29, 0.717) is 42.0 Å². The zero-order valence-electron chi connectivity index (χ0n) is 18.8. The van der Waals surface area contributed by atoms with Crippen LogP contribution in [0.15, 0.2) is 36.4 Å². The molecule has 7 rings (SSSR count). The number of piperazine rings is 1. The largest absolute Gasteiger partial charge is 0.494 e. The summed E-state index contributed by atoms with van der Waals surface area (Å²) in [5, 5.41) is 23.0. The highest BCUT2D eigenvalue weighted by Gasteiger charge is 2.47. The van der Waals surface area contributed by atoms with E-state index in [0.717, 1.165) is 68.9 Å². The van der Waals surface area contributed by atoms with E-state index in [1.54, 1.807) is 16.1 Å². The number of hydrogen-bond donors (Lipinski definition) is 2. The number of hydrogen-bond acceptors (Lipinski definition) is 6. The highest BCUT2D eigenvalue weighted by Crippen LogP contribution is 2.60. The third-order valence-electron chi connectivity index (χ3n) is 8.73. The van der Waals surface area contributed by atoms with E-state index in [2.05, 4.69) is 40.6 Å². The number of anilines is 1. The van der Waals surface area contributed by atoms with Crippen LogP contribution in [0.4, 0.5) is 5.82 Å². The lowest BCUT2D eigenvalue weighted by atomic mass is 9.95. The molecule has 0 spiro atoms. The van der Waals surface area contributed by atoms with Crippen molar-refractivity contribution in [3.63, 3.8) is 0 Å². The van der Waals surface area contributed by atoms with Crippen molar-refractivity contribution >= 4 is 27.4 Å². The summed E-state index contributed by atoms with van der Waals surface area (Å²) in [7, 11) is 0. The number of nitrogens with zero attached hydrogens (tertiary/aromatic N) is 4. The van der Waals surface area contributed by atoms with E-state index in [-0.39, 0.29) is 0 Å². The molecule has 2 bridgehead atoms. The van der Waals surface area contributed by atoms with E-state index in [1.807, 2.05) is 0 Å². The molecule has 1 saturated heterocycles. The normalized spacial score (nSPS) is 28.7. The van der Waals surface area contributed by atoms with Crippen LogP contribution in [-0.2, 0) is 6.54 Å². The Kier molecular flexibility index (Phi) is 4.37. The lowest BCUT2D eigenvalue weighted by molar-refractivity contribution is 0.242. The summed E-state index contributed by atoms with van der Waals surface area (Å²) in [6.45, 7) is 10.0. The molecule has 4 atom stereocenters. The van der Waals surface area contributed by atoms with Gasteiger partial charge in [0.25, 0.3) is 0 Å². The van der Waals surface area contributed by atoms with E-state index in [9.17, 15) is 10.2 Å². The maximum atomic E-state index is 10.9. The SMILES string of the molecule is C=C1[C@H](CN2CCN(c3nsc4ccccc34)CC2)[C@H]1Cn1c(O)c2c(c1O)C1CCC2C1. The molecule has 4 aliphatic rings. The predicted octanol–water partition coefficient (Wildman–Crippen LogP) is 4.50. The molecule has 7 heteroatoms. The highest BCUT2D eigenvalue weighted by atomic mass is 32.1. The molecule has 33 heavy (non-hydrogen) atoms. The van der Waals surface area contributed by atoms with E-state index in [4.69, 9.17) is 4.37 Å². The van der Waals surface area contributed by atoms with Crippen molar-refractivity contribution in [3.8, 4) is 11.8 Å². The average molecular weight is 463 g/mol. The van der Waals surface area contributed by atoms with E-state index in [1.165, 1.54) is 15.7 Å².